The summed E-state index contributed by atoms with van der Waals surface area (Å²) in [6.07, 6.45) is 3.49. The zero-order chi connectivity index (χ0) is 16.9. The first-order chi connectivity index (χ1) is 10.3. The van der Waals surface area contributed by atoms with Crippen LogP contribution in [0.2, 0.25) is 0 Å². The van der Waals surface area contributed by atoms with Gasteiger partial charge in [-0.05, 0) is 0 Å². The van der Waals surface area contributed by atoms with Gasteiger partial charge in [0, 0.05) is 0 Å². The molecule has 0 spiro atoms. The maximum atomic E-state index is 12.8. The number of carbonyl (C=O) groups is 1. The van der Waals surface area contributed by atoms with Gasteiger partial charge in [-0.3, -0.25) is 0 Å². The third-order valence-corrected chi connectivity index (χ3v) is 11.7. The van der Waals surface area contributed by atoms with E-state index in [1.165, 1.54) is 0 Å². The van der Waals surface area contributed by atoms with Crippen LogP contribution in [0.3, 0.4) is 0 Å². The second-order valence-corrected chi connectivity index (χ2v) is 12.0. The summed E-state index contributed by atoms with van der Waals surface area (Å²) in [5, 5.41) is 3.18. The van der Waals surface area contributed by atoms with E-state index in [0.717, 1.165) is 41.0 Å². The van der Waals surface area contributed by atoms with Crippen LogP contribution in [0.1, 0.15) is 38.8 Å². The van der Waals surface area contributed by atoms with Gasteiger partial charge in [0.15, 0.2) is 0 Å². The average Bonchev–Trinajstić information content (AvgIpc) is 2.52. The van der Waals surface area contributed by atoms with E-state index in [9.17, 15) is 4.79 Å². The van der Waals surface area contributed by atoms with Crippen LogP contribution in [0, 0.1) is 13.8 Å². The van der Waals surface area contributed by atoms with Crippen molar-refractivity contribution >= 4 is 18.9 Å². The summed E-state index contributed by atoms with van der Waals surface area (Å²) in [5.41, 5.74) is 3.17. The Hall–Kier alpha value is -1.08. The van der Waals surface area contributed by atoms with Crippen molar-refractivity contribution in [3.63, 3.8) is 0 Å². The second-order valence-electron chi connectivity index (χ2n) is 6.27. The van der Waals surface area contributed by atoms with Crippen LogP contribution >= 0.6 is 7.26 Å². The van der Waals surface area contributed by atoms with Crippen LogP contribution in [-0.2, 0) is 4.79 Å². The zero-order valence-electron chi connectivity index (χ0n) is 15.2. The molecule has 0 fully saturated rings. The first-order valence-electron chi connectivity index (χ1n) is 8.31. The summed E-state index contributed by atoms with van der Waals surface area (Å²) in [6, 6.07) is 3.94. The number of ether oxygens (including phenoxy) is 1. The SMILES string of the molecule is CC[PH](CC)(CC)C(C)C(=O)Nc1c(C)cc(OC)cc1C. The normalized spacial score (nSPS) is 13.6. The number of amides is 1. The number of anilines is 1. The van der Waals surface area contributed by atoms with Gasteiger partial charge in [-0.1, -0.05) is 0 Å². The zero-order valence-corrected chi connectivity index (χ0v) is 16.2. The summed E-state index contributed by atoms with van der Waals surface area (Å²) < 4.78 is 5.28. The van der Waals surface area contributed by atoms with Gasteiger partial charge in [0.2, 0.25) is 0 Å². The Bertz CT molecular complexity index is 493. The molecule has 0 heterocycles. The standard InChI is InChI=1S/C18H32NO2P/c1-8-22(9-2,10-3)15(6)18(20)19-17-13(4)11-16(21-7)12-14(17)5/h11-12,15,22H,8-10H2,1-7H3,(H,19,20). The molecule has 1 N–H and O–H groups in total. The topological polar surface area (TPSA) is 38.3 Å². The average molecular weight is 325 g/mol. The molecule has 0 aliphatic rings. The predicted molar refractivity (Wildman–Crippen MR) is 100 cm³/mol. The van der Waals surface area contributed by atoms with Crippen molar-refractivity contribution in [3.8, 4) is 5.75 Å². The molecule has 1 unspecified atom stereocenters. The predicted octanol–water partition coefficient (Wildman–Crippen LogP) is 4.45. The van der Waals surface area contributed by atoms with Crippen molar-refractivity contribution in [3.05, 3.63) is 23.3 Å². The molecule has 0 saturated heterocycles. The fraction of sp³-hybridized carbons (Fsp3) is 0.611. The second kappa shape index (κ2) is 7.97. The summed E-state index contributed by atoms with van der Waals surface area (Å²) in [4.78, 5) is 12.8. The van der Waals surface area contributed by atoms with Gasteiger partial charge in [0.1, 0.15) is 0 Å². The molecule has 3 nitrogen and oxygen atoms in total. The molecule has 4 heteroatoms. The van der Waals surface area contributed by atoms with Crippen molar-refractivity contribution in [2.75, 3.05) is 30.9 Å². The Balaban J connectivity index is 3.02. The van der Waals surface area contributed by atoms with Crippen molar-refractivity contribution in [1.29, 1.82) is 0 Å². The fourth-order valence-corrected chi connectivity index (χ4v) is 7.38. The van der Waals surface area contributed by atoms with E-state index in [0.29, 0.717) is 0 Å². The Morgan fingerprint density at radius 1 is 1.14 bits per heavy atom. The number of methoxy groups -OCH3 is 1. The first-order valence-corrected chi connectivity index (χ1v) is 11.0. The molecule has 1 atom stereocenters. The number of rotatable bonds is 7. The molecule has 0 aliphatic heterocycles. The van der Waals surface area contributed by atoms with E-state index >= 15 is 0 Å². The summed E-state index contributed by atoms with van der Waals surface area (Å²) >= 11 is 0. The molecule has 0 radical (unpaired) electrons. The van der Waals surface area contributed by atoms with Crippen LogP contribution < -0.4 is 10.1 Å². The molecule has 1 rings (SSSR count). The summed E-state index contributed by atoms with van der Waals surface area (Å²) in [7, 11) is 0.138. The number of hydrogen-bond donors (Lipinski definition) is 1. The Kier molecular flexibility index (Phi) is 6.87. The monoisotopic (exact) mass is 325 g/mol. The number of hydrogen-bond acceptors (Lipinski definition) is 2. The molecule has 1 aromatic rings. The van der Waals surface area contributed by atoms with Gasteiger partial charge in [0.25, 0.3) is 0 Å². The number of benzene rings is 1. The molecule has 0 bridgehead atoms. The van der Waals surface area contributed by atoms with E-state index in [1.54, 1.807) is 7.11 Å². The molecule has 0 aromatic heterocycles. The van der Waals surface area contributed by atoms with E-state index in [4.69, 9.17) is 4.74 Å². The number of nitrogens with one attached hydrogen (secondary N) is 1. The van der Waals surface area contributed by atoms with Gasteiger partial charge in [-0.2, -0.15) is 0 Å². The van der Waals surface area contributed by atoms with Gasteiger partial charge in [0.05, 0.1) is 0 Å². The summed E-state index contributed by atoms with van der Waals surface area (Å²) in [5.74, 6) is 1.01. The van der Waals surface area contributed by atoms with Gasteiger partial charge < -0.3 is 0 Å². The van der Waals surface area contributed by atoms with E-state index in [-0.39, 0.29) is 11.6 Å². The van der Waals surface area contributed by atoms with Crippen molar-refractivity contribution in [2.45, 2.75) is 47.2 Å². The van der Waals surface area contributed by atoms with Crippen LogP contribution in [0.5, 0.6) is 5.75 Å². The van der Waals surface area contributed by atoms with Gasteiger partial charge in [-0.25, -0.2) is 0 Å². The minimum absolute atomic E-state index is 0.133. The fourth-order valence-electron chi connectivity index (χ4n) is 3.42. The quantitative estimate of drug-likeness (QED) is 0.752. The van der Waals surface area contributed by atoms with Crippen LogP contribution in [-0.4, -0.2) is 37.2 Å². The van der Waals surface area contributed by atoms with Crippen LogP contribution in [0.15, 0.2) is 12.1 Å². The molecule has 1 amide bonds. The molecular weight excluding hydrogens is 293 g/mol. The third kappa shape index (κ3) is 3.81. The molecule has 0 saturated carbocycles. The first kappa shape index (κ1) is 19.0. The van der Waals surface area contributed by atoms with E-state index in [1.807, 2.05) is 26.0 Å². The molecular formula is C18H32NO2P. The Morgan fingerprint density at radius 2 is 1.59 bits per heavy atom. The number of carbonyl (C=O) groups excluding carboxylic acids is 1. The molecule has 126 valence electrons. The maximum absolute atomic E-state index is 12.8. The van der Waals surface area contributed by atoms with Crippen molar-refractivity contribution in [2.24, 2.45) is 0 Å². The van der Waals surface area contributed by atoms with Crippen molar-refractivity contribution in [1.82, 2.24) is 0 Å². The minimum atomic E-state index is -1.53. The van der Waals surface area contributed by atoms with Crippen molar-refractivity contribution < 1.29 is 9.53 Å². The van der Waals surface area contributed by atoms with Crippen LogP contribution in [0.4, 0.5) is 5.69 Å². The molecule has 1 aromatic carbocycles. The molecule has 22 heavy (non-hydrogen) atoms. The Morgan fingerprint density at radius 3 is 1.95 bits per heavy atom. The van der Waals surface area contributed by atoms with E-state index < -0.39 is 7.26 Å². The number of aryl methyl sites for hydroxylation is 2. The third-order valence-electron chi connectivity index (χ3n) is 5.41. The van der Waals surface area contributed by atoms with Crippen LogP contribution in [0.25, 0.3) is 0 Å². The van der Waals surface area contributed by atoms with E-state index in [2.05, 4.69) is 33.0 Å². The summed E-state index contributed by atoms with van der Waals surface area (Å²) in [6.45, 7) is 12.9. The Labute approximate surface area is 136 Å². The van der Waals surface area contributed by atoms with Gasteiger partial charge >= 0.3 is 136 Å². The van der Waals surface area contributed by atoms with Gasteiger partial charge in [-0.15, -0.1) is 0 Å². The molecule has 0 aliphatic carbocycles.